The van der Waals surface area contributed by atoms with Gasteiger partial charge in [-0.3, -0.25) is 9.69 Å². The van der Waals surface area contributed by atoms with Gasteiger partial charge in [0.1, 0.15) is 5.76 Å². The molecule has 2 aromatic heterocycles. The maximum absolute atomic E-state index is 13.4. The molecule has 0 spiro atoms. The average molecular weight is 440 g/mol. The third-order valence-electron chi connectivity index (χ3n) is 5.19. The van der Waals surface area contributed by atoms with Crippen molar-refractivity contribution in [3.8, 4) is 0 Å². The molecular formula is C26H21N3O2S. The molecule has 1 fully saturated rings. The van der Waals surface area contributed by atoms with E-state index in [0.29, 0.717) is 28.9 Å². The Morgan fingerprint density at radius 3 is 2.62 bits per heavy atom. The minimum Gasteiger partial charge on any atom is -0.467 e. The zero-order valence-corrected chi connectivity index (χ0v) is 18.2. The Labute approximate surface area is 190 Å². The predicted molar refractivity (Wildman–Crippen MR) is 130 cm³/mol. The van der Waals surface area contributed by atoms with Crippen LogP contribution >= 0.6 is 11.8 Å². The van der Waals surface area contributed by atoms with E-state index in [9.17, 15) is 4.79 Å². The second kappa shape index (κ2) is 8.77. The van der Waals surface area contributed by atoms with Crippen molar-refractivity contribution in [1.82, 2.24) is 9.47 Å². The van der Waals surface area contributed by atoms with Crippen LogP contribution in [-0.2, 0) is 17.9 Å². The number of carbonyl (C=O) groups excluding carboxylic acids is 1. The number of fused-ring (bicyclic) bond motifs is 1. The number of hydrogen-bond acceptors (Lipinski definition) is 4. The van der Waals surface area contributed by atoms with E-state index in [1.165, 1.54) is 11.8 Å². The molecule has 1 saturated heterocycles. The molecule has 32 heavy (non-hydrogen) atoms. The highest BCUT2D eigenvalue weighted by Gasteiger charge is 2.34. The van der Waals surface area contributed by atoms with Gasteiger partial charge in [0, 0.05) is 29.2 Å². The molecule has 1 aliphatic rings. The van der Waals surface area contributed by atoms with E-state index >= 15 is 0 Å². The number of carbonyl (C=O) groups is 1. The van der Waals surface area contributed by atoms with E-state index in [1.54, 1.807) is 11.2 Å². The quantitative estimate of drug-likeness (QED) is 0.265. The van der Waals surface area contributed by atoms with Gasteiger partial charge in [-0.1, -0.05) is 42.5 Å². The van der Waals surface area contributed by atoms with Crippen LogP contribution in [-0.4, -0.2) is 20.5 Å². The number of nitrogens with zero attached hydrogens (tertiary/aromatic N) is 3. The Hall–Kier alpha value is -3.77. The van der Waals surface area contributed by atoms with E-state index in [1.807, 2.05) is 66.7 Å². The Morgan fingerprint density at radius 1 is 1.03 bits per heavy atom. The number of amidine groups is 1. The Balaban J connectivity index is 1.56. The van der Waals surface area contributed by atoms with Crippen LogP contribution in [0.25, 0.3) is 17.0 Å². The minimum absolute atomic E-state index is 0.0818. The lowest BCUT2D eigenvalue weighted by atomic mass is 10.1. The summed E-state index contributed by atoms with van der Waals surface area (Å²) in [6.45, 7) is 4.89. The molecule has 3 heterocycles. The maximum Gasteiger partial charge on any atom is 0.267 e. The number of hydrogen-bond donors (Lipinski definition) is 0. The molecule has 0 bridgehead atoms. The first kappa shape index (κ1) is 20.2. The summed E-state index contributed by atoms with van der Waals surface area (Å²) in [6.07, 6.45) is 7.50. The van der Waals surface area contributed by atoms with Crippen LogP contribution in [0.4, 0.5) is 5.69 Å². The van der Waals surface area contributed by atoms with Crippen molar-refractivity contribution in [1.29, 1.82) is 0 Å². The van der Waals surface area contributed by atoms with Crippen molar-refractivity contribution in [3.05, 3.63) is 108 Å². The molecule has 0 aliphatic carbocycles. The summed E-state index contributed by atoms with van der Waals surface area (Å²) in [5.41, 5.74) is 2.91. The lowest BCUT2D eigenvalue weighted by Gasteiger charge is -2.13. The molecule has 0 atom stereocenters. The number of aliphatic imine (C=N–C) groups is 1. The number of allylic oxidation sites excluding steroid dienone is 1. The maximum atomic E-state index is 13.4. The third kappa shape index (κ3) is 3.92. The molecule has 1 amide bonds. The first-order valence-electron chi connectivity index (χ1n) is 10.3. The van der Waals surface area contributed by atoms with Crippen molar-refractivity contribution in [2.24, 2.45) is 4.99 Å². The topological polar surface area (TPSA) is 50.7 Å². The monoisotopic (exact) mass is 439 g/mol. The lowest BCUT2D eigenvalue weighted by Crippen LogP contribution is -2.28. The van der Waals surface area contributed by atoms with Crippen molar-refractivity contribution in [3.63, 3.8) is 0 Å². The van der Waals surface area contributed by atoms with Crippen molar-refractivity contribution >= 4 is 45.5 Å². The fourth-order valence-corrected chi connectivity index (χ4v) is 4.71. The first-order valence-corrected chi connectivity index (χ1v) is 11.1. The minimum atomic E-state index is -0.0818. The number of thioether (sulfide) groups is 1. The van der Waals surface area contributed by atoms with Crippen LogP contribution in [0.15, 0.2) is 106 Å². The lowest BCUT2D eigenvalue weighted by molar-refractivity contribution is -0.122. The molecule has 0 saturated carbocycles. The van der Waals surface area contributed by atoms with Gasteiger partial charge >= 0.3 is 0 Å². The SMILES string of the molecule is C=CCn1cc(/C=C2\SC(=Nc3ccccc3)N(Cc3ccco3)C2=O)c2ccccc21. The predicted octanol–water partition coefficient (Wildman–Crippen LogP) is 6.22. The van der Waals surface area contributed by atoms with Crippen LogP contribution in [0.3, 0.4) is 0 Å². The van der Waals surface area contributed by atoms with E-state index in [4.69, 9.17) is 9.41 Å². The van der Waals surface area contributed by atoms with E-state index < -0.39 is 0 Å². The van der Waals surface area contributed by atoms with Gasteiger partial charge in [0.2, 0.25) is 0 Å². The van der Waals surface area contributed by atoms with Crippen molar-refractivity contribution in [2.45, 2.75) is 13.1 Å². The smallest absolute Gasteiger partial charge is 0.267 e. The van der Waals surface area contributed by atoms with E-state index in [-0.39, 0.29) is 5.91 Å². The zero-order valence-electron chi connectivity index (χ0n) is 17.3. The number of rotatable bonds is 6. The number of benzene rings is 2. The molecule has 5 rings (SSSR count). The highest BCUT2D eigenvalue weighted by Crippen LogP contribution is 2.36. The second-order valence-corrected chi connectivity index (χ2v) is 8.36. The van der Waals surface area contributed by atoms with Gasteiger partial charge in [-0.15, -0.1) is 6.58 Å². The van der Waals surface area contributed by atoms with Crippen LogP contribution in [0, 0.1) is 0 Å². The molecule has 0 unspecified atom stereocenters. The second-order valence-electron chi connectivity index (χ2n) is 7.35. The Kier molecular flexibility index (Phi) is 5.52. The number of para-hydroxylation sites is 2. The summed E-state index contributed by atoms with van der Waals surface area (Å²) in [5, 5.41) is 1.74. The number of amides is 1. The summed E-state index contributed by atoms with van der Waals surface area (Å²) in [5.74, 6) is 0.630. The summed E-state index contributed by atoms with van der Waals surface area (Å²) in [7, 11) is 0. The van der Waals surface area contributed by atoms with Crippen molar-refractivity contribution in [2.75, 3.05) is 0 Å². The summed E-state index contributed by atoms with van der Waals surface area (Å²) in [6, 6.07) is 21.5. The molecule has 0 N–H and O–H groups in total. The molecular weight excluding hydrogens is 418 g/mol. The fraction of sp³-hybridized carbons (Fsp3) is 0.0769. The van der Waals surface area contributed by atoms with Crippen LogP contribution < -0.4 is 0 Å². The first-order chi connectivity index (χ1) is 15.7. The molecule has 2 aromatic carbocycles. The number of furan rings is 1. The van der Waals surface area contributed by atoms with Gasteiger partial charge in [0.15, 0.2) is 5.17 Å². The van der Waals surface area contributed by atoms with Crippen LogP contribution in [0.2, 0.25) is 0 Å². The zero-order chi connectivity index (χ0) is 21.9. The van der Waals surface area contributed by atoms with Gasteiger partial charge in [-0.2, -0.15) is 0 Å². The highest BCUT2D eigenvalue weighted by atomic mass is 32.2. The molecule has 4 aromatic rings. The molecule has 0 radical (unpaired) electrons. The number of aromatic nitrogens is 1. The Bertz CT molecular complexity index is 1330. The molecule has 5 nitrogen and oxygen atoms in total. The molecule has 6 heteroatoms. The van der Waals surface area contributed by atoms with Gasteiger partial charge in [-0.05, 0) is 48.2 Å². The van der Waals surface area contributed by atoms with Gasteiger partial charge in [-0.25, -0.2) is 4.99 Å². The van der Waals surface area contributed by atoms with E-state index in [0.717, 1.165) is 22.2 Å². The Morgan fingerprint density at radius 2 is 1.84 bits per heavy atom. The third-order valence-corrected chi connectivity index (χ3v) is 6.20. The van der Waals surface area contributed by atoms with Crippen molar-refractivity contribution < 1.29 is 9.21 Å². The summed E-state index contributed by atoms with van der Waals surface area (Å²) >= 11 is 1.39. The van der Waals surface area contributed by atoms with Gasteiger partial charge < -0.3 is 8.98 Å². The largest absolute Gasteiger partial charge is 0.467 e. The normalized spacial score (nSPS) is 16.5. The van der Waals surface area contributed by atoms with Crippen LogP contribution in [0.1, 0.15) is 11.3 Å². The van der Waals surface area contributed by atoms with Gasteiger partial charge in [0.25, 0.3) is 5.91 Å². The highest BCUT2D eigenvalue weighted by molar-refractivity contribution is 8.18. The average Bonchev–Trinajstić information content (AvgIpc) is 3.52. The van der Waals surface area contributed by atoms with Gasteiger partial charge in [0.05, 0.1) is 23.4 Å². The summed E-state index contributed by atoms with van der Waals surface area (Å²) < 4.78 is 7.63. The summed E-state index contributed by atoms with van der Waals surface area (Å²) in [4.78, 5) is 20.4. The van der Waals surface area contributed by atoms with Crippen LogP contribution in [0.5, 0.6) is 0 Å². The van der Waals surface area contributed by atoms with E-state index in [2.05, 4.69) is 29.5 Å². The standard InChI is InChI=1S/C26H21N3O2S/c1-2-14-28-17-19(22-12-6-7-13-23(22)28)16-24-25(30)29(18-21-11-8-15-31-21)26(32-24)27-20-9-4-3-5-10-20/h2-13,15-17H,1,14,18H2/b24-16-,27-26?. The molecule has 1 aliphatic heterocycles. The fourth-order valence-electron chi connectivity index (χ4n) is 3.72. The molecule has 158 valence electrons.